The maximum atomic E-state index is 12.6. The Morgan fingerprint density at radius 3 is 2.65 bits per heavy atom. The van der Waals surface area contributed by atoms with Gasteiger partial charge in [0.15, 0.2) is 0 Å². The van der Waals surface area contributed by atoms with E-state index in [0.29, 0.717) is 15.8 Å². The minimum atomic E-state index is 0.0253. The van der Waals surface area contributed by atoms with E-state index in [1.807, 2.05) is 23.1 Å². The van der Waals surface area contributed by atoms with Crippen molar-refractivity contribution in [2.24, 2.45) is 0 Å². The van der Waals surface area contributed by atoms with E-state index in [9.17, 15) is 4.79 Å². The molecule has 114 valence electrons. The number of anilines is 1. The van der Waals surface area contributed by atoms with Crippen LogP contribution in [0.2, 0.25) is 4.34 Å². The summed E-state index contributed by atoms with van der Waals surface area (Å²) in [5.74, 6) is 0.0253. The molecule has 1 amide bonds. The zero-order valence-corrected chi connectivity index (χ0v) is 13.8. The molecule has 0 N–H and O–H groups in total. The molecule has 0 spiro atoms. The molecule has 0 atom stereocenters. The number of carbonyl (C=O) groups excluding carboxylic acids is 1. The molecule has 5 heteroatoms. The van der Waals surface area contributed by atoms with Crippen LogP contribution in [0.1, 0.15) is 15.2 Å². The molecule has 1 aliphatic heterocycles. The van der Waals surface area contributed by atoms with Gasteiger partial charge in [-0.05, 0) is 59.5 Å². The molecule has 0 saturated heterocycles. The van der Waals surface area contributed by atoms with Gasteiger partial charge in [0.1, 0.15) is 0 Å². The molecule has 3 nitrogen and oxygen atoms in total. The molecular formula is C18H13ClN2OS. The largest absolute Gasteiger partial charge is 0.307 e. The minimum Gasteiger partial charge on any atom is -0.307 e. The van der Waals surface area contributed by atoms with Gasteiger partial charge in [-0.15, -0.1) is 11.3 Å². The Bertz CT molecular complexity index is 876. The third kappa shape index (κ3) is 2.64. The molecule has 0 fully saturated rings. The van der Waals surface area contributed by atoms with Crippen LogP contribution in [0.4, 0.5) is 5.69 Å². The van der Waals surface area contributed by atoms with Crippen LogP contribution in [-0.2, 0) is 6.42 Å². The maximum absolute atomic E-state index is 12.6. The van der Waals surface area contributed by atoms with E-state index in [4.69, 9.17) is 11.6 Å². The number of halogens is 1. The second-order valence-corrected chi connectivity index (χ2v) is 7.11. The topological polar surface area (TPSA) is 33.2 Å². The number of aromatic nitrogens is 1. The number of thiophene rings is 1. The van der Waals surface area contributed by atoms with E-state index in [1.54, 1.807) is 24.5 Å². The summed E-state index contributed by atoms with van der Waals surface area (Å²) >= 11 is 7.27. The Labute approximate surface area is 143 Å². The van der Waals surface area contributed by atoms with Crippen LogP contribution in [0.25, 0.3) is 11.1 Å². The zero-order chi connectivity index (χ0) is 15.8. The van der Waals surface area contributed by atoms with Crippen LogP contribution in [0, 0.1) is 0 Å². The highest BCUT2D eigenvalue weighted by atomic mass is 35.5. The van der Waals surface area contributed by atoms with E-state index < -0.39 is 0 Å². The molecule has 3 heterocycles. The van der Waals surface area contributed by atoms with Crippen molar-refractivity contribution in [3.63, 3.8) is 0 Å². The number of nitrogens with zero attached hydrogens (tertiary/aromatic N) is 2. The molecule has 1 aromatic carbocycles. The van der Waals surface area contributed by atoms with Gasteiger partial charge < -0.3 is 4.90 Å². The van der Waals surface area contributed by atoms with Gasteiger partial charge in [0, 0.05) is 24.6 Å². The second-order valence-electron chi connectivity index (χ2n) is 5.39. The molecule has 0 bridgehead atoms. The lowest BCUT2D eigenvalue weighted by atomic mass is 10.0. The summed E-state index contributed by atoms with van der Waals surface area (Å²) in [5, 5.41) is 0. The highest BCUT2D eigenvalue weighted by Crippen LogP contribution is 2.34. The third-order valence-electron chi connectivity index (χ3n) is 4.02. The first-order chi connectivity index (χ1) is 11.2. The summed E-state index contributed by atoms with van der Waals surface area (Å²) in [6.45, 7) is 0.712. The van der Waals surface area contributed by atoms with Crippen molar-refractivity contribution in [3.8, 4) is 11.1 Å². The van der Waals surface area contributed by atoms with Crippen LogP contribution in [0.3, 0.4) is 0 Å². The number of benzene rings is 1. The fraction of sp³-hybridized carbons (Fsp3) is 0.111. The zero-order valence-electron chi connectivity index (χ0n) is 12.2. The van der Waals surface area contributed by atoms with Crippen LogP contribution in [0.15, 0.2) is 54.9 Å². The number of hydrogen-bond donors (Lipinski definition) is 0. The Morgan fingerprint density at radius 1 is 1.09 bits per heavy atom. The molecule has 0 radical (unpaired) electrons. The number of hydrogen-bond acceptors (Lipinski definition) is 3. The maximum Gasteiger partial charge on any atom is 0.268 e. The van der Waals surface area contributed by atoms with Crippen LogP contribution in [0.5, 0.6) is 0 Å². The number of rotatable bonds is 2. The quantitative estimate of drug-likeness (QED) is 0.679. The smallest absolute Gasteiger partial charge is 0.268 e. The summed E-state index contributed by atoms with van der Waals surface area (Å²) < 4.78 is 0.640. The van der Waals surface area contributed by atoms with Crippen molar-refractivity contribution < 1.29 is 4.79 Å². The Hall–Kier alpha value is -2.17. The number of amides is 1. The molecule has 2 aromatic heterocycles. The fourth-order valence-corrected chi connectivity index (χ4v) is 3.89. The van der Waals surface area contributed by atoms with E-state index in [0.717, 1.165) is 23.2 Å². The molecule has 1 aliphatic rings. The van der Waals surface area contributed by atoms with Crippen molar-refractivity contribution >= 4 is 34.5 Å². The fourth-order valence-electron chi connectivity index (χ4n) is 2.90. The number of fused-ring (bicyclic) bond motifs is 1. The lowest BCUT2D eigenvalue weighted by Crippen LogP contribution is -2.28. The van der Waals surface area contributed by atoms with Crippen molar-refractivity contribution in [3.05, 3.63) is 69.6 Å². The first kappa shape index (κ1) is 14.4. The van der Waals surface area contributed by atoms with Crippen LogP contribution < -0.4 is 4.90 Å². The number of carbonyl (C=O) groups is 1. The van der Waals surface area contributed by atoms with Gasteiger partial charge in [0.25, 0.3) is 5.91 Å². The van der Waals surface area contributed by atoms with Crippen LogP contribution >= 0.6 is 22.9 Å². The van der Waals surface area contributed by atoms with Crippen molar-refractivity contribution in [2.45, 2.75) is 6.42 Å². The Kier molecular flexibility index (Phi) is 3.63. The number of pyridine rings is 1. The van der Waals surface area contributed by atoms with Gasteiger partial charge in [-0.25, -0.2) is 0 Å². The highest BCUT2D eigenvalue weighted by molar-refractivity contribution is 7.18. The molecular weight excluding hydrogens is 328 g/mol. The Balaban J connectivity index is 1.66. The lowest BCUT2D eigenvalue weighted by molar-refractivity contribution is 0.0993. The second kappa shape index (κ2) is 5.80. The van der Waals surface area contributed by atoms with Gasteiger partial charge in [-0.1, -0.05) is 17.7 Å². The molecule has 0 aliphatic carbocycles. The lowest BCUT2D eigenvalue weighted by Gasteiger charge is -2.16. The van der Waals surface area contributed by atoms with E-state index in [1.165, 1.54) is 16.9 Å². The third-order valence-corrected chi connectivity index (χ3v) is 5.24. The summed E-state index contributed by atoms with van der Waals surface area (Å²) in [5.41, 5.74) is 4.49. The highest BCUT2D eigenvalue weighted by Gasteiger charge is 2.26. The van der Waals surface area contributed by atoms with E-state index >= 15 is 0 Å². The minimum absolute atomic E-state index is 0.0253. The molecule has 0 unspecified atom stereocenters. The molecule has 23 heavy (non-hydrogen) atoms. The van der Waals surface area contributed by atoms with Crippen molar-refractivity contribution in [2.75, 3.05) is 11.4 Å². The summed E-state index contributed by atoms with van der Waals surface area (Å²) in [4.78, 5) is 19.2. The SMILES string of the molecule is O=C(c1ccc(Cl)s1)N1CCc2cc(-c3ccncc3)ccc21. The van der Waals surface area contributed by atoms with Gasteiger partial charge in [-0.3, -0.25) is 9.78 Å². The van der Waals surface area contributed by atoms with Gasteiger partial charge >= 0.3 is 0 Å². The standard InChI is InChI=1S/C18H13ClN2OS/c19-17-4-3-16(23-17)18(22)21-10-7-14-11-13(1-2-15(14)21)12-5-8-20-9-6-12/h1-6,8-9,11H,7,10H2. The average Bonchev–Trinajstić information content (AvgIpc) is 3.20. The van der Waals surface area contributed by atoms with Crippen LogP contribution in [-0.4, -0.2) is 17.4 Å². The average molecular weight is 341 g/mol. The summed E-state index contributed by atoms with van der Waals surface area (Å²) in [7, 11) is 0. The van der Waals surface area contributed by atoms with Gasteiger partial charge in [0.2, 0.25) is 0 Å². The molecule has 3 aromatic rings. The Morgan fingerprint density at radius 2 is 1.91 bits per heavy atom. The summed E-state index contributed by atoms with van der Waals surface area (Å²) in [6, 6.07) is 13.8. The van der Waals surface area contributed by atoms with E-state index in [2.05, 4.69) is 17.1 Å². The molecule has 4 rings (SSSR count). The van der Waals surface area contributed by atoms with Crippen molar-refractivity contribution in [1.29, 1.82) is 0 Å². The first-order valence-electron chi connectivity index (χ1n) is 7.33. The predicted molar refractivity (Wildman–Crippen MR) is 94.4 cm³/mol. The monoisotopic (exact) mass is 340 g/mol. The predicted octanol–water partition coefficient (Wildman–Crippen LogP) is 4.67. The summed E-state index contributed by atoms with van der Waals surface area (Å²) in [6.07, 6.45) is 4.46. The van der Waals surface area contributed by atoms with Gasteiger partial charge in [-0.2, -0.15) is 0 Å². The molecule has 0 saturated carbocycles. The first-order valence-corrected chi connectivity index (χ1v) is 8.52. The van der Waals surface area contributed by atoms with Gasteiger partial charge in [0.05, 0.1) is 9.21 Å². The van der Waals surface area contributed by atoms with E-state index in [-0.39, 0.29) is 5.91 Å². The normalized spacial score (nSPS) is 13.2. The van der Waals surface area contributed by atoms with Crippen molar-refractivity contribution in [1.82, 2.24) is 4.98 Å².